The van der Waals surface area contributed by atoms with Crippen molar-refractivity contribution in [2.75, 3.05) is 0 Å². The first-order valence-electron chi connectivity index (χ1n) is 5.19. The second kappa shape index (κ2) is 4.03. The zero-order chi connectivity index (χ0) is 10.1. The van der Waals surface area contributed by atoms with Gasteiger partial charge in [0.1, 0.15) is 0 Å². The number of fused-ring (bicyclic) bond motifs is 1. The van der Waals surface area contributed by atoms with Gasteiger partial charge in [0, 0.05) is 16.6 Å². The summed E-state index contributed by atoms with van der Waals surface area (Å²) in [6.45, 7) is 4.41. The smallest absolute Gasteiger partial charge is 0.0210 e. The number of halogens is 1. The van der Waals surface area contributed by atoms with Crippen LogP contribution in [0.5, 0.6) is 0 Å². The molecule has 1 aromatic carbocycles. The van der Waals surface area contributed by atoms with Crippen molar-refractivity contribution in [3.63, 3.8) is 0 Å². The lowest BCUT2D eigenvalue weighted by molar-refractivity contribution is 0.477. The van der Waals surface area contributed by atoms with Crippen molar-refractivity contribution in [2.45, 2.75) is 38.8 Å². The van der Waals surface area contributed by atoms with Gasteiger partial charge in [0.25, 0.3) is 0 Å². The second-order valence-corrected chi connectivity index (χ2v) is 5.16. The molecule has 0 saturated carbocycles. The van der Waals surface area contributed by atoms with Gasteiger partial charge in [0.05, 0.1) is 0 Å². The van der Waals surface area contributed by atoms with Crippen LogP contribution in [-0.2, 0) is 12.8 Å². The van der Waals surface area contributed by atoms with Gasteiger partial charge in [-0.05, 0) is 30.0 Å². The van der Waals surface area contributed by atoms with Crippen LogP contribution in [0, 0.1) is 0 Å². The Balaban J connectivity index is 2.14. The van der Waals surface area contributed by atoms with Gasteiger partial charge in [-0.2, -0.15) is 0 Å². The monoisotopic (exact) mass is 253 g/mol. The van der Waals surface area contributed by atoms with Gasteiger partial charge in [0.15, 0.2) is 0 Å². The molecule has 1 aliphatic carbocycles. The molecule has 2 heteroatoms. The summed E-state index contributed by atoms with van der Waals surface area (Å²) in [5.74, 6) is 0. The molecule has 0 amide bonds. The molecule has 0 aliphatic heterocycles. The van der Waals surface area contributed by atoms with Crippen LogP contribution in [0.25, 0.3) is 0 Å². The predicted molar refractivity (Wildman–Crippen MR) is 63.6 cm³/mol. The molecule has 1 unspecified atom stereocenters. The fourth-order valence-corrected chi connectivity index (χ4v) is 2.77. The molecule has 0 fully saturated rings. The molecule has 1 atom stereocenters. The Morgan fingerprint density at radius 2 is 2.14 bits per heavy atom. The average molecular weight is 254 g/mol. The van der Waals surface area contributed by atoms with Crippen LogP contribution in [0.15, 0.2) is 22.7 Å². The Morgan fingerprint density at radius 3 is 2.79 bits per heavy atom. The number of hydrogen-bond acceptors (Lipinski definition) is 1. The number of nitrogens with one attached hydrogen (secondary N) is 1. The van der Waals surface area contributed by atoms with Crippen molar-refractivity contribution in [3.8, 4) is 0 Å². The van der Waals surface area contributed by atoms with Gasteiger partial charge < -0.3 is 5.32 Å². The number of hydrogen-bond donors (Lipinski definition) is 1. The summed E-state index contributed by atoms with van der Waals surface area (Å²) in [5, 5.41) is 3.60. The lowest BCUT2D eigenvalue weighted by Crippen LogP contribution is -2.35. The van der Waals surface area contributed by atoms with Crippen molar-refractivity contribution in [3.05, 3.63) is 33.8 Å². The quantitative estimate of drug-likeness (QED) is 0.855. The molecule has 1 aliphatic rings. The van der Waals surface area contributed by atoms with E-state index in [1.54, 1.807) is 0 Å². The summed E-state index contributed by atoms with van der Waals surface area (Å²) in [4.78, 5) is 0. The summed E-state index contributed by atoms with van der Waals surface area (Å²) in [5.41, 5.74) is 2.99. The summed E-state index contributed by atoms with van der Waals surface area (Å²) in [6.07, 6.45) is 2.34. The predicted octanol–water partition coefficient (Wildman–Crippen LogP) is 2.91. The highest BCUT2D eigenvalue weighted by molar-refractivity contribution is 9.10. The van der Waals surface area contributed by atoms with Crippen molar-refractivity contribution < 1.29 is 0 Å². The number of benzene rings is 1. The second-order valence-electron chi connectivity index (χ2n) is 4.30. The zero-order valence-corrected chi connectivity index (χ0v) is 10.3. The summed E-state index contributed by atoms with van der Waals surface area (Å²) >= 11 is 3.61. The maximum atomic E-state index is 3.61. The fraction of sp³-hybridized carbons (Fsp3) is 0.500. The molecule has 0 spiro atoms. The highest BCUT2D eigenvalue weighted by atomic mass is 79.9. The molecule has 0 heterocycles. The van der Waals surface area contributed by atoms with Crippen molar-refractivity contribution in [1.82, 2.24) is 5.32 Å². The Morgan fingerprint density at radius 1 is 1.36 bits per heavy atom. The molecule has 0 saturated heterocycles. The summed E-state index contributed by atoms with van der Waals surface area (Å²) < 4.78 is 1.27. The van der Waals surface area contributed by atoms with Crippen LogP contribution in [0.2, 0.25) is 0 Å². The SMILES string of the molecule is CC(C)NC1Cc2cccc(Br)c2C1. The molecule has 0 bridgehead atoms. The lowest BCUT2D eigenvalue weighted by atomic mass is 10.1. The number of rotatable bonds is 2. The minimum Gasteiger partial charge on any atom is -0.311 e. The molecule has 0 radical (unpaired) electrons. The standard InChI is InChI=1S/C12H16BrN/c1-8(2)14-10-6-9-4-3-5-12(13)11(9)7-10/h3-5,8,10,14H,6-7H2,1-2H3. The van der Waals surface area contributed by atoms with Crippen LogP contribution in [-0.4, -0.2) is 12.1 Å². The van der Waals surface area contributed by atoms with Crippen molar-refractivity contribution in [1.29, 1.82) is 0 Å². The third-order valence-corrected chi connectivity index (χ3v) is 3.44. The van der Waals surface area contributed by atoms with E-state index in [1.165, 1.54) is 22.0 Å². The normalized spacial score (nSPS) is 20.1. The van der Waals surface area contributed by atoms with E-state index in [1.807, 2.05) is 0 Å². The van der Waals surface area contributed by atoms with Gasteiger partial charge in [-0.25, -0.2) is 0 Å². The van der Waals surface area contributed by atoms with Gasteiger partial charge in [-0.1, -0.05) is 41.9 Å². The fourth-order valence-electron chi connectivity index (χ4n) is 2.20. The van der Waals surface area contributed by atoms with E-state index < -0.39 is 0 Å². The summed E-state index contributed by atoms with van der Waals surface area (Å²) in [7, 11) is 0. The summed E-state index contributed by atoms with van der Waals surface area (Å²) in [6, 6.07) is 7.70. The van der Waals surface area contributed by atoms with E-state index in [4.69, 9.17) is 0 Å². The van der Waals surface area contributed by atoms with Gasteiger partial charge in [-0.3, -0.25) is 0 Å². The van der Waals surface area contributed by atoms with Crippen molar-refractivity contribution >= 4 is 15.9 Å². The first-order valence-corrected chi connectivity index (χ1v) is 5.98. The average Bonchev–Trinajstić information content (AvgIpc) is 2.47. The topological polar surface area (TPSA) is 12.0 Å². The van der Waals surface area contributed by atoms with E-state index >= 15 is 0 Å². The van der Waals surface area contributed by atoms with Crippen LogP contribution in [0.1, 0.15) is 25.0 Å². The molecule has 1 aromatic rings. The van der Waals surface area contributed by atoms with Gasteiger partial charge in [-0.15, -0.1) is 0 Å². The zero-order valence-electron chi connectivity index (χ0n) is 8.68. The molecular formula is C12H16BrN. The van der Waals surface area contributed by atoms with Crippen LogP contribution in [0.3, 0.4) is 0 Å². The molecule has 14 heavy (non-hydrogen) atoms. The molecule has 1 nitrogen and oxygen atoms in total. The minimum atomic E-state index is 0.577. The maximum Gasteiger partial charge on any atom is 0.0210 e. The molecule has 2 rings (SSSR count). The van der Waals surface area contributed by atoms with Crippen molar-refractivity contribution in [2.24, 2.45) is 0 Å². The highest BCUT2D eigenvalue weighted by Crippen LogP contribution is 2.29. The molecule has 76 valence electrons. The third kappa shape index (κ3) is 2.01. The van der Waals surface area contributed by atoms with E-state index in [2.05, 4.69) is 53.3 Å². The largest absolute Gasteiger partial charge is 0.311 e. The first-order chi connectivity index (χ1) is 6.66. The first kappa shape index (κ1) is 10.2. The van der Waals surface area contributed by atoms with Crippen LogP contribution < -0.4 is 5.32 Å². The van der Waals surface area contributed by atoms with Gasteiger partial charge in [0.2, 0.25) is 0 Å². The van der Waals surface area contributed by atoms with E-state index in [0.717, 1.165) is 6.42 Å². The van der Waals surface area contributed by atoms with Gasteiger partial charge >= 0.3 is 0 Å². The Hall–Kier alpha value is -0.340. The Labute approximate surface area is 94.0 Å². The van der Waals surface area contributed by atoms with E-state index in [0.29, 0.717) is 12.1 Å². The van der Waals surface area contributed by atoms with Crippen LogP contribution in [0.4, 0.5) is 0 Å². The molecule has 0 aromatic heterocycles. The maximum absolute atomic E-state index is 3.61. The lowest BCUT2D eigenvalue weighted by Gasteiger charge is -2.14. The highest BCUT2D eigenvalue weighted by Gasteiger charge is 2.22. The Bertz CT molecular complexity index is 333. The van der Waals surface area contributed by atoms with E-state index in [-0.39, 0.29) is 0 Å². The van der Waals surface area contributed by atoms with Crippen LogP contribution >= 0.6 is 15.9 Å². The molecule has 1 N–H and O–H groups in total. The van der Waals surface area contributed by atoms with E-state index in [9.17, 15) is 0 Å². The molecular weight excluding hydrogens is 238 g/mol. The minimum absolute atomic E-state index is 0.577. The Kier molecular flexibility index (Phi) is 2.93. The third-order valence-electron chi connectivity index (χ3n) is 2.70.